The summed E-state index contributed by atoms with van der Waals surface area (Å²) < 4.78 is 34.3. The molecule has 120 valence electrons. The van der Waals surface area contributed by atoms with Gasteiger partial charge in [0.15, 0.2) is 0 Å². The number of rotatable bonds is 5. The number of aryl methyl sites for hydroxylation is 3. The number of methoxy groups -OCH3 is 1. The molecule has 1 N–H and O–H groups in total. The molecule has 0 fully saturated rings. The zero-order valence-electron chi connectivity index (χ0n) is 13.5. The summed E-state index contributed by atoms with van der Waals surface area (Å²) in [6.45, 7) is 5.82. The molecule has 2 rings (SSSR count). The van der Waals surface area contributed by atoms with Crippen LogP contribution in [0, 0.1) is 20.8 Å². The average molecular weight is 323 g/mol. The number of benzene rings is 1. The summed E-state index contributed by atoms with van der Waals surface area (Å²) in [5.74, 6) is 0.665. The van der Waals surface area contributed by atoms with Crippen LogP contribution in [0.5, 0.6) is 5.75 Å². The zero-order chi connectivity index (χ0) is 16.5. The van der Waals surface area contributed by atoms with E-state index in [0.29, 0.717) is 5.75 Å². The van der Waals surface area contributed by atoms with Crippen LogP contribution in [0.3, 0.4) is 0 Å². The Labute approximate surface area is 131 Å². The van der Waals surface area contributed by atoms with E-state index in [-0.39, 0.29) is 11.4 Å². The van der Waals surface area contributed by atoms with Crippen LogP contribution in [-0.4, -0.2) is 25.3 Å². The fraction of sp³-hybridized carbons (Fsp3) is 0.400. The lowest BCUT2D eigenvalue weighted by molar-refractivity contribution is 0.411. The third-order valence-corrected chi connectivity index (χ3v) is 5.17. The van der Waals surface area contributed by atoms with Crippen molar-refractivity contribution >= 4 is 10.0 Å². The van der Waals surface area contributed by atoms with Gasteiger partial charge in [0.1, 0.15) is 5.75 Å². The molecule has 1 heterocycles. The van der Waals surface area contributed by atoms with Crippen molar-refractivity contribution in [3.63, 3.8) is 0 Å². The summed E-state index contributed by atoms with van der Waals surface area (Å²) >= 11 is 0. The maximum absolute atomic E-state index is 12.4. The van der Waals surface area contributed by atoms with Gasteiger partial charge < -0.3 is 4.74 Å². The molecule has 22 heavy (non-hydrogen) atoms. The first-order chi connectivity index (χ1) is 10.3. The minimum absolute atomic E-state index is 0.221. The summed E-state index contributed by atoms with van der Waals surface area (Å²) in [7, 11) is -0.174. The monoisotopic (exact) mass is 323 g/mol. The highest BCUT2D eigenvalue weighted by Gasteiger charge is 2.17. The fourth-order valence-electron chi connectivity index (χ4n) is 2.34. The molecule has 0 amide bonds. The van der Waals surface area contributed by atoms with Crippen LogP contribution in [0.25, 0.3) is 0 Å². The van der Waals surface area contributed by atoms with Crippen LogP contribution < -0.4 is 9.46 Å². The van der Waals surface area contributed by atoms with E-state index in [2.05, 4.69) is 9.82 Å². The molecular weight excluding hydrogens is 302 g/mol. The van der Waals surface area contributed by atoms with Gasteiger partial charge in [-0.15, -0.1) is 0 Å². The van der Waals surface area contributed by atoms with Crippen molar-refractivity contribution in [2.45, 2.75) is 32.2 Å². The van der Waals surface area contributed by atoms with Gasteiger partial charge in [-0.2, -0.15) is 5.10 Å². The number of sulfonamides is 1. The van der Waals surface area contributed by atoms with Gasteiger partial charge in [-0.05, 0) is 44.5 Å². The number of hydrogen-bond donors (Lipinski definition) is 1. The van der Waals surface area contributed by atoms with Crippen LogP contribution in [-0.2, 0) is 23.6 Å². The Hall–Kier alpha value is -1.86. The summed E-state index contributed by atoms with van der Waals surface area (Å²) in [5.41, 5.74) is 3.45. The molecule has 0 bridgehead atoms. The van der Waals surface area contributed by atoms with Crippen LogP contribution in [0.15, 0.2) is 23.1 Å². The van der Waals surface area contributed by atoms with Gasteiger partial charge >= 0.3 is 0 Å². The van der Waals surface area contributed by atoms with Gasteiger partial charge in [0.2, 0.25) is 10.0 Å². The average Bonchev–Trinajstić information content (AvgIpc) is 2.70. The third kappa shape index (κ3) is 3.15. The van der Waals surface area contributed by atoms with E-state index in [9.17, 15) is 8.42 Å². The molecule has 0 unspecified atom stereocenters. The molecule has 0 aliphatic heterocycles. The smallest absolute Gasteiger partial charge is 0.240 e. The molecule has 1 aromatic heterocycles. The minimum Gasteiger partial charge on any atom is -0.496 e. The molecule has 0 saturated heterocycles. The Morgan fingerprint density at radius 1 is 1.27 bits per heavy atom. The largest absolute Gasteiger partial charge is 0.496 e. The number of nitrogens with one attached hydrogen (secondary N) is 1. The van der Waals surface area contributed by atoms with Crippen molar-refractivity contribution in [3.05, 3.63) is 40.7 Å². The summed E-state index contributed by atoms with van der Waals surface area (Å²) in [5, 5.41) is 4.29. The topological polar surface area (TPSA) is 73.2 Å². The highest BCUT2D eigenvalue weighted by atomic mass is 32.2. The van der Waals surface area contributed by atoms with Gasteiger partial charge in [0.25, 0.3) is 0 Å². The summed E-state index contributed by atoms with van der Waals surface area (Å²) in [6.07, 6.45) is 0. The van der Waals surface area contributed by atoms with E-state index in [1.807, 2.05) is 27.8 Å². The van der Waals surface area contributed by atoms with E-state index in [1.54, 1.807) is 23.9 Å². The Morgan fingerprint density at radius 3 is 2.45 bits per heavy atom. The first-order valence-corrected chi connectivity index (χ1v) is 8.38. The first-order valence-electron chi connectivity index (χ1n) is 6.89. The standard InChI is InChI=1S/C15H21N3O3S/c1-10-8-13(6-7-15(10)21-5)22(19,20)16-9-14-11(2)17-18(4)12(14)3/h6-8,16H,9H2,1-5H3. The molecule has 1 aromatic carbocycles. The molecule has 2 aromatic rings. The Balaban J connectivity index is 2.23. The van der Waals surface area contributed by atoms with Gasteiger partial charge in [-0.3, -0.25) is 4.68 Å². The second kappa shape index (κ2) is 6.10. The predicted octanol–water partition coefficient (Wildman–Crippen LogP) is 1.83. The van der Waals surface area contributed by atoms with Gasteiger partial charge in [-0.25, -0.2) is 13.1 Å². The minimum atomic E-state index is -3.57. The third-order valence-electron chi connectivity index (χ3n) is 3.77. The van der Waals surface area contributed by atoms with Crippen molar-refractivity contribution in [2.24, 2.45) is 7.05 Å². The van der Waals surface area contributed by atoms with Gasteiger partial charge in [0.05, 0.1) is 17.7 Å². The quantitative estimate of drug-likeness (QED) is 0.911. The molecule has 0 atom stereocenters. The highest BCUT2D eigenvalue weighted by molar-refractivity contribution is 7.89. The maximum atomic E-state index is 12.4. The predicted molar refractivity (Wildman–Crippen MR) is 84.4 cm³/mol. The summed E-state index contributed by atoms with van der Waals surface area (Å²) in [4.78, 5) is 0.227. The first kappa shape index (κ1) is 16.5. The molecule has 0 radical (unpaired) electrons. The van der Waals surface area contributed by atoms with Crippen molar-refractivity contribution in [1.29, 1.82) is 0 Å². The molecule has 0 spiro atoms. The molecule has 0 aliphatic rings. The van der Waals surface area contributed by atoms with E-state index in [4.69, 9.17) is 4.74 Å². The van der Waals surface area contributed by atoms with E-state index >= 15 is 0 Å². The van der Waals surface area contributed by atoms with Crippen molar-refractivity contribution in [1.82, 2.24) is 14.5 Å². The van der Waals surface area contributed by atoms with E-state index < -0.39 is 10.0 Å². The lowest BCUT2D eigenvalue weighted by atomic mass is 10.2. The van der Waals surface area contributed by atoms with E-state index in [0.717, 1.165) is 22.5 Å². The molecule has 0 saturated carbocycles. The second-order valence-electron chi connectivity index (χ2n) is 5.23. The van der Waals surface area contributed by atoms with Crippen molar-refractivity contribution in [2.75, 3.05) is 7.11 Å². The van der Waals surface area contributed by atoms with Crippen molar-refractivity contribution in [3.8, 4) is 5.75 Å². The normalized spacial score (nSPS) is 11.7. The van der Waals surface area contributed by atoms with Gasteiger partial charge in [0, 0.05) is 24.8 Å². The SMILES string of the molecule is COc1ccc(S(=O)(=O)NCc2c(C)nn(C)c2C)cc1C. The second-order valence-corrected chi connectivity index (χ2v) is 7.00. The summed E-state index contributed by atoms with van der Waals surface area (Å²) in [6, 6.07) is 4.80. The molecular formula is C15H21N3O3S. The fourth-order valence-corrected chi connectivity index (χ4v) is 3.42. The molecule has 7 heteroatoms. The maximum Gasteiger partial charge on any atom is 0.240 e. The Bertz CT molecular complexity index is 795. The zero-order valence-corrected chi connectivity index (χ0v) is 14.3. The Kier molecular flexibility index (Phi) is 4.58. The van der Waals surface area contributed by atoms with Gasteiger partial charge in [-0.1, -0.05) is 0 Å². The number of nitrogens with zero attached hydrogens (tertiary/aromatic N) is 2. The van der Waals surface area contributed by atoms with Crippen LogP contribution in [0.1, 0.15) is 22.5 Å². The molecule has 6 nitrogen and oxygen atoms in total. The lowest BCUT2D eigenvalue weighted by Crippen LogP contribution is -2.24. The van der Waals surface area contributed by atoms with E-state index in [1.165, 1.54) is 6.07 Å². The number of hydrogen-bond acceptors (Lipinski definition) is 4. The van der Waals surface area contributed by atoms with Crippen LogP contribution in [0.4, 0.5) is 0 Å². The Morgan fingerprint density at radius 2 is 1.95 bits per heavy atom. The number of aromatic nitrogens is 2. The molecule has 0 aliphatic carbocycles. The lowest BCUT2D eigenvalue weighted by Gasteiger charge is -2.10. The van der Waals surface area contributed by atoms with Crippen LogP contribution in [0.2, 0.25) is 0 Å². The van der Waals surface area contributed by atoms with Crippen LogP contribution >= 0.6 is 0 Å². The van der Waals surface area contributed by atoms with Crippen molar-refractivity contribution < 1.29 is 13.2 Å². The highest BCUT2D eigenvalue weighted by Crippen LogP contribution is 2.21. The number of ether oxygens (including phenoxy) is 1.